The SMILES string of the molecule is COc1cnc(C(=O)Nc2ccc(F)c([C@]3(C)CS(O)(O)CC(N)=N3)c2)cn1. The Labute approximate surface area is 162 Å². The number of nitrogens with zero attached hydrogens (tertiary/aromatic N) is 3. The third-order valence-electron chi connectivity index (χ3n) is 4.16. The van der Waals surface area contributed by atoms with Crippen LogP contribution in [0.1, 0.15) is 23.0 Å². The molecule has 0 unspecified atom stereocenters. The van der Waals surface area contributed by atoms with E-state index < -0.39 is 27.9 Å². The molecule has 0 saturated heterocycles. The molecular formula is C17H20FN5O4S. The molecule has 0 aliphatic carbocycles. The molecule has 1 aromatic carbocycles. The van der Waals surface area contributed by atoms with E-state index in [1.807, 2.05) is 0 Å². The van der Waals surface area contributed by atoms with E-state index >= 15 is 0 Å². The van der Waals surface area contributed by atoms with Crippen LogP contribution in [0.15, 0.2) is 35.6 Å². The van der Waals surface area contributed by atoms with E-state index in [0.29, 0.717) is 0 Å². The second-order valence-electron chi connectivity index (χ2n) is 6.56. The molecule has 9 nitrogen and oxygen atoms in total. The number of anilines is 1. The average Bonchev–Trinajstić information content (AvgIpc) is 2.61. The van der Waals surface area contributed by atoms with Crippen molar-refractivity contribution >= 4 is 28.0 Å². The minimum atomic E-state index is -3.03. The molecule has 0 radical (unpaired) electrons. The molecule has 28 heavy (non-hydrogen) atoms. The summed E-state index contributed by atoms with van der Waals surface area (Å²) in [5.74, 6) is -1.15. The second-order valence-corrected chi connectivity index (χ2v) is 8.74. The van der Waals surface area contributed by atoms with Crippen LogP contribution in [0.2, 0.25) is 0 Å². The second kappa shape index (κ2) is 7.34. The number of methoxy groups -OCH3 is 1. The quantitative estimate of drug-likeness (QED) is 0.606. The average molecular weight is 409 g/mol. The van der Waals surface area contributed by atoms with E-state index in [2.05, 4.69) is 20.3 Å². The number of hydrogen-bond donors (Lipinski definition) is 4. The first kappa shape index (κ1) is 20.0. The summed E-state index contributed by atoms with van der Waals surface area (Å²) < 4.78 is 39.6. The van der Waals surface area contributed by atoms with Crippen molar-refractivity contribution in [2.24, 2.45) is 10.7 Å². The zero-order chi connectivity index (χ0) is 20.5. The highest BCUT2D eigenvalue weighted by Gasteiger charge is 2.39. The van der Waals surface area contributed by atoms with E-state index in [4.69, 9.17) is 10.5 Å². The van der Waals surface area contributed by atoms with Gasteiger partial charge >= 0.3 is 0 Å². The molecule has 0 saturated carbocycles. The first-order valence-corrected chi connectivity index (χ1v) is 10.1. The van der Waals surface area contributed by atoms with Gasteiger partial charge in [0.05, 0.1) is 31.0 Å². The van der Waals surface area contributed by atoms with E-state index in [-0.39, 0.29) is 40.2 Å². The van der Waals surface area contributed by atoms with E-state index in [0.717, 1.165) is 0 Å². The number of amides is 1. The molecule has 1 aliphatic heterocycles. The topological polar surface area (TPSA) is 143 Å². The molecule has 0 fully saturated rings. The van der Waals surface area contributed by atoms with Gasteiger partial charge < -0.3 is 15.8 Å². The lowest BCUT2D eigenvalue weighted by molar-refractivity contribution is 0.102. The monoisotopic (exact) mass is 409 g/mol. The van der Waals surface area contributed by atoms with Crippen molar-refractivity contribution in [3.05, 3.63) is 47.7 Å². The standard InChI is InChI=1S/C17H20FN5O4S/c1-17(9-28(25,26)8-14(19)23-17)11-5-10(3-4-12(11)18)22-16(24)13-6-21-15(27-2)7-20-13/h3-7,25-26H,8-9H2,1-2H3,(H2,19,23)(H,22,24)/t17-/m0/s1. The van der Waals surface area contributed by atoms with Gasteiger partial charge in [0, 0.05) is 11.3 Å². The lowest BCUT2D eigenvalue weighted by atomic mass is 9.93. The van der Waals surface area contributed by atoms with E-state index in [1.165, 1.54) is 37.7 Å². The van der Waals surface area contributed by atoms with Crippen LogP contribution in [0.5, 0.6) is 5.88 Å². The van der Waals surface area contributed by atoms with Crippen LogP contribution in [0.4, 0.5) is 10.1 Å². The molecule has 11 heteroatoms. The fourth-order valence-corrected chi connectivity index (χ4v) is 4.77. The van der Waals surface area contributed by atoms with Crippen molar-refractivity contribution in [2.45, 2.75) is 12.5 Å². The van der Waals surface area contributed by atoms with Gasteiger partial charge in [-0.2, -0.15) is 10.6 Å². The minimum absolute atomic E-state index is 0.0381. The van der Waals surface area contributed by atoms with Crippen LogP contribution in [-0.2, 0) is 5.54 Å². The van der Waals surface area contributed by atoms with Gasteiger partial charge in [-0.3, -0.25) is 18.9 Å². The summed E-state index contributed by atoms with van der Waals surface area (Å²) >= 11 is 0. The summed E-state index contributed by atoms with van der Waals surface area (Å²) in [6, 6.07) is 3.94. The molecule has 1 amide bonds. The molecule has 1 atom stereocenters. The fraction of sp³-hybridized carbons (Fsp3) is 0.294. The van der Waals surface area contributed by atoms with Gasteiger partial charge in [0.15, 0.2) is 0 Å². The minimum Gasteiger partial charge on any atom is -0.480 e. The molecule has 2 aromatic rings. The number of amidine groups is 1. The number of nitrogens with one attached hydrogen (secondary N) is 1. The maximum atomic E-state index is 14.5. The molecule has 0 bridgehead atoms. The molecular weight excluding hydrogens is 389 g/mol. The maximum absolute atomic E-state index is 14.5. The summed E-state index contributed by atoms with van der Waals surface area (Å²) in [4.78, 5) is 24.4. The number of aliphatic imine (C=N–C) groups is 1. The highest BCUT2D eigenvalue weighted by atomic mass is 32.3. The maximum Gasteiger partial charge on any atom is 0.275 e. The normalized spacial score (nSPS) is 22.1. The molecule has 5 N–H and O–H groups in total. The van der Waals surface area contributed by atoms with Crippen LogP contribution < -0.4 is 15.8 Å². The summed E-state index contributed by atoms with van der Waals surface area (Å²) in [5, 5.41) is 2.60. The predicted octanol–water partition coefficient (Wildman–Crippen LogP) is 2.21. The smallest absolute Gasteiger partial charge is 0.275 e. The number of carbonyl (C=O) groups excluding carboxylic acids is 1. The van der Waals surface area contributed by atoms with Crippen LogP contribution in [0.25, 0.3) is 0 Å². The number of rotatable bonds is 4. The molecule has 0 spiro atoms. The molecule has 2 heterocycles. The Bertz CT molecular complexity index is 938. The Morgan fingerprint density at radius 2 is 2.11 bits per heavy atom. The first-order valence-electron chi connectivity index (χ1n) is 8.17. The van der Waals surface area contributed by atoms with Gasteiger partial charge in [-0.1, -0.05) is 0 Å². The highest BCUT2D eigenvalue weighted by Crippen LogP contribution is 2.49. The van der Waals surface area contributed by atoms with Crippen molar-refractivity contribution in [2.75, 3.05) is 23.9 Å². The first-order chi connectivity index (χ1) is 13.1. The fourth-order valence-electron chi connectivity index (χ4n) is 3.01. The van der Waals surface area contributed by atoms with Gasteiger partial charge in [-0.25, -0.2) is 14.4 Å². The summed E-state index contributed by atoms with van der Waals surface area (Å²) in [5.41, 5.74) is 4.88. The van der Waals surface area contributed by atoms with Crippen LogP contribution in [-0.4, -0.2) is 49.4 Å². The van der Waals surface area contributed by atoms with Gasteiger partial charge in [0.2, 0.25) is 5.88 Å². The summed E-state index contributed by atoms with van der Waals surface area (Å²) in [6.07, 6.45) is 2.55. The third kappa shape index (κ3) is 4.21. The number of ether oxygens (including phenoxy) is 1. The Morgan fingerprint density at radius 3 is 2.71 bits per heavy atom. The van der Waals surface area contributed by atoms with Crippen molar-refractivity contribution < 1.29 is 23.0 Å². The zero-order valence-electron chi connectivity index (χ0n) is 15.2. The predicted molar refractivity (Wildman–Crippen MR) is 104 cm³/mol. The van der Waals surface area contributed by atoms with Gasteiger partial charge in [-0.15, -0.1) is 0 Å². The molecule has 3 rings (SSSR count). The Morgan fingerprint density at radius 1 is 1.36 bits per heavy atom. The van der Waals surface area contributed by atoms with Crippen LogP contribution >= 0.6 is 10.6 Å². The van der Waals surface area contributed by atoms with Crippen LogP contribution in [0.3, 0.4) is 0 Å². The number of benzene rings is 1. The highest BCUT2D eigenvalue weighted by molar-refractivity contribution is 8.24. The lowest BCUT2D eigenvalue weighted by Gasteiger charge is -2.43. The van der Waals surface area contributed by atoms with Crippen molar-refractivity contribution in [3.8, 4) is 5.88 Å². The molecule has 1 aliphatic rings. The van der Waals surface area contributed by atoms with E-state index in [1.54, 1.807) is 6.92 Å². The van der Waals surface area contributed by atoms with Crippen LogP contribution in [0, 0.1) is 5.82 Å². The number of halogens is 1. The Kier molecular flexibility index (Phi) is 5.24. The van der Waals surface area contributed by atoms with Crippen molar-refractivity contribution in [3.63, 3.8) is 0 Å². The molecule has 1 aromatic heterocycles. The number of nitrogens with two attached hydrogens (primary N) is 1. The van der Waals surface area contributed by atoms with Crippen molar-refractivity contribution in [1.82, 2.24) is 9.97 Å². The van der Waals surface area contributed by atoms with Gasteiger partial charge in [0.25, 0.3) is 5.91 Å². The Balaban J connectivity index is 1.89. The Hall–Kier alpha value is -2.76. The van der Waals surface area contributed by atoms with Gasteiger partial charge in [-0.05, 0) is 25.1 Å². The number of aromatic nitrogens is 2. The van der Waals surface area contributed by atoms with Crippen molar-refractivity contribution in [1.29, 1.82) is 0 Å². The van der Waals surface area contributed by atoms with E-state index in [9.17, 15) is 18.3 Å². The largest absolute Gasteiger partial charge is 0.480 e. The molecule has 150 valence electrons. The van der Waals surface area contributed by atoms with Gasteiger partial charge in [0.1, 0.15) is 22.9 Å². The number of hydrogen-bond acceptors (Lipinski definition) is 8. The third-order valence-corrected chi connectivity index (χ3v) is 5.94. The number of carbonyl (C=O) groups is 1. The zero-order valence-corrected chi connectivity index (χ0v) is 16.0. The lowest BCUT2D eigenvalue weighted by Crippen LogP contribution is -2.40. The summed E-state index contributed by atoms with van der Waals surface area (Å²) in [6.45, 7) is 1.56. The summed E-state index contributed by atoms with van der Waals surface area (Å²) in [7, 11) is -1.60.